The van der Waals surface area contributed by atoms with Crippen LogP contribution in [0.4, 0.5) is 4.39 Å². The van der Waals surface area contributed by atoms with E-state index in [0.717, 1.165) is 0 Å². The lowest BCUT2D eigenvalue weighted by Crippen LogP contribution is -2.28. The van der Waals surface area contributed by atoms with Crippen LogP contribution in [-0.2, 0) is 0 Å². The van der Waals surface area contributed by atoms with Crippen LogP contribution in [0, 0.1) is 18.2 Å². The molecule has 0 spiro atoms. The van der Waals surface area contributed by atoms with Gasteiger partial charge in [-0.25, -0.2) is 4.39 Å². The zero-order valence-corrected chi connectivity index (χ0v) is 8.89. The summed E-state index contributed by atoms with van der Waals surface area (Å²) in [5.74, 6) is 7.45. The van der Waals surface area contributed by atoms with E-state index in [9.17, 15) is 4.39 Å². The van der Waals surface area contributed by atoms with Crippen LogP contribution in [-0.4, -0.2) is 0 Å². The minimum Gasteiger partial charge on any atom is -0.271 e. The zero-order valence-electron chi connectivity index (χ0n) is 8.13. The van der Waals surface area contributed by atoms with Crippen molar-refractivity contribution < 1.29 is 4.39 Å². The molecular formula is C11H12ClFN2. The Morgan fingerprint density at radius 2 is 2.33 bits per heavy atom. The van der Waals surface area contributed by atoms with Gasteiger partial charge in [0.2, 0.25) is 0 Å². The summed E-state index contributed by atoms with van der Waals surface area (Å²) in [5, 5.41) is 0.365. The van der Waals surface area contributed by atoms with Gasteiger partial charge in [-0.2, -0.15) is 0 Å². The number of nitrogens with one attached hydrogen (secondary N) is 1. The summed E-state index contributed by atoms with van der Waals surface area (Å²) in [5.41, 5.74) is 3.02. The SMILES string of the molecule is C#CCCC(NN)c1ccc(Cl)cc1F. The van der Waals surface area contributed by atoms with Gasteiger partial charge in [-0.15, -0.1) is 12.3 Å². The highest BCUT2D eigenvalue weighted by Gasteiger charge is 2.13. The van der Waals surface area contributed by atoms with E-state index in [1.54, 1.807) is 12.1 Å². The Morgan fingerprint density at radius 1 is 1.60 bits per heavy atom. The van der Waals surface area contributed by atoms with Crippen LogP contribution >= 0.6 is 11.6 Å². The maximum absolute atomic E-state index is 13.5. The Kier molecular flexibility index (Phi) is 4.57. The molecule has 3 N–H and O–H groups in total. The maximum Gasteiger partial charge on any atom is 0.129 e. The largest absolute Gasteiger partial charge is 0.271 e. The smallest absolute Gasteiger partial charge is 0.129 e. The molecule has 0 aromatic heterocycles. The van der Waals surface area contributed by atoms with Crippen molar-refractivity contribution in [2.45, 2.75) is 18.9 Å². The average molecular weight is 227 g/mol. The number of nitrogens with two attached hydrogens (primary N) is 1. The van der Waals surface area contributed by atoms with E-state index in [-0.39, 0.29) is 11.9 Å². The van der Waals surface area contributed by atoms with Gasteiger partial charge >= 0.3 is 0 Å². The first-order chi connectivity index (χ1) is 7.19. The van der Waals surface area contributed by atoms with Gasteiger partial charge in [0.15, 0.2) is 0 Å². The lowest BCUT2D eigenvalue weighted by atomic mass is 10.0. The third-order valence-electron chi connectivity index (χ3n) is 2.12. The lowest BCUT2D eigenvalue weighted by molar-refractivity contribution is 0.491. The molecule has 15 heavy (non-hydrogen) atoms. The van der Waals surface area contributed by atoms with Crippen molar-refractivity contribution in [3.05, 3.63) is 34.6 Å². The molecule has 0 heterocycles. The van der Waals surface area contributed by atoms with Gasteiger partial charge in [0, 0.05) is 23.0 Å². The number of terminal acetylenes is 1. The lowest BCUT2D eigenvalue weighted by Gasteiger charge is -2.15. The van der Waals surface area contributed by atoms with E-state index in [1.165, 1.54) is 6.07 Å². The first-order valence-corrected chi connectivity index (χ1v) is 4.91. The monoisotopic (exact) mass is 226 g/mol. The third kappa shape index (κ3) is 3.21. The fourth-order valence-corrected chi connectivity index (χ4v) is 1.50. The van der Waals surface area contributed by atoms with Crippen LogP contribution in [0.15, 0.2) is 18.2 Å². The summed E-state index contributed by atoms with van der Waals surface area (Å²) in [6.45, 7) is 0. The molecule has 0 bridgehead atoms. The summed E-state index contributed by atoms with van der Waals surface area (Å²) in [6, 6.07) is 4.22. The second-order valence-electron chi connectivity index (χ2n) is 3.13. The van der Waals surface area contributed by atoms with Crippen molar-refractivity contribution in [1.82, 2.24) is 5.43 Å². The number of halogens is 2. The molecule has 1 unspecified atom stereocenters. The molecule has 1 aromatic carbocycles. The third-order valence-corrected chi connectivity index (χ3v) is 2.35. The highest BCUT2D eigenvalue weighted by Crippen LogP contribution is 2.23. The molecule has 1 aromatic rings. The fraction of sp³-hybridized carbons (Fsp3) is 0.273. The molecule has 0 radical (unpaired) electrons. The molecule has 0 saturated carbocycles. The van der Waals surface area contributed by atoms with Crippen LogP contribution in [0.1, 0.15) is 24.4 Å². The molecule has 0 fully saturated rings. The molecule has 0 aliphatic carbocycles. The maximum atomic E-state index is 13.5. The van der Waals surface area contributed by atoms with Crippen molar-refractivity contribution in [3.63, 3.8) is 0 Å². The van der Waals surface area contributed by atoms with Gasteiger partial charge in [0.25, 0.3) is 0 Å². The predicted molar refractivity (Wildman–Crippen MR) is 59.5 cm³/mol. The zero-order chi connectivity index (χ0) is 11.3. The van der Waals surface area contributed by atoms with E-state index >= 15 is 0 Å². The molecule has 1 atom stereocenters. The summed E-state index contributed by atoms with van der Waals surface area (Å²) in [4.78, 5) is 0. The molecule has 0 amide bonds. The van der Waals surface area contributed by atoms with Crippen molar-refractivity contribution in [1.29, 1.82) is 0 Å². The molecule has 80 valence electrons. The highest BCUT2D eigenvalue weighted by molar-refractivity contribution is 6.30. The minimum absolute atomic E-state index is 0.279. The molecule has 4 heteroatoms. The van der Waals surface area contributed by atoms with Crippen LogP contribution in [0.5, 0.6) is 0 Å². The van der Waals surface area contributed by atoms with Crippen molar-refractivity contribution in [2.75, 3.05) is 0 Å². The van der Waals surface area contributed by atoms with Crippen molar-refractivity contribution >= 4 is 11.6 Å². The predicted octanol–water partition coefficient (Wildman–Crippen LogP) is 2.40. The molecule has 0 aliphatic heterocycles. The average Bonchev–Trinajstić information content (AvgIpc) is 2.21. The number of rotatable bonds is 4. The van der Waals surface area contributed by atoms with E-state index in [4.69, 9.17) is 23.9 Å². The van der Waals surface area contributed by atoms with Gasteiger partial charge < -0.3 is 0 Å². The minimum atomic E-state index is -0.373. The van der Waals surface area contributed by atoms with Crippen LogP contribution in [0.2, 0.25) is 5.02 Å². The first-order valence-electron chi connectivity index (χ1n) is 4.53. The van der Waals surface area contributed by atoms with Gasteiger partial charge in [0.05, 0.1) is 0 Å². The van der Waals surface area contributed by atoms with Crippen molar-refractivity contribution in [2.24, 2.45) is 5.84 Å². The summed E-state index contributed by atoms with van der Waals surface area (Å²) in [6.07, 6.45) is 6.27. The molecule has 0 aliphatic rings. The second-order valence-corrected chi connectivity index (χ2v) is 3.56. The van der Waals surface area contributed by atoms with E-state index in [0.29, 0.717) is 23.4 Å². The Balaban J connectivity index is 2.87. The second kappa shape index (κ2) is 5.72. The number of benzene rings is 1. The normalized spacial score (nSPS) is 12.1. The number of hydrogen-bond donors (Lipinski definition) is 2. The fourth-order valence-electron chi connectivity index (χ4n) is 1.34. The van der Waals surface area contributed by atoms with Gasteiger partial charge in [0.1, 0.15) is 5.82 Å². The summed E-state index contributed by atoms with van der Waals surface area (Å²) >= 11 is 5.65. The number of hydrazine groups is 1. The topological polar surface area (TPSA) is 38.0 Å². The summed E-state index contributed by atoms with van der Waals surface area (Å²) < 4.78 is 13.5. The Bertz CT molecular complexity index is 373. The molecular weight excluding hydrogens is 215 g/mol. The molecule has 2 nitrogen and oxygen atoms in total. The Hall–Kier alpha value is -1.08. The molecule has 0 saturated heterocycles. The number of hydrogen-bond acceptors (Lipinski definition) is 2. The van der Waals surface area contributed by atoms with Crippen LogP contribution < -0.4 is 11.3 Å². The molecule has 1 rings (SSSR count). The Morgan fingerprint density at radius 3 is 2.87 bits per heavy atom. The standard InChI is InChI=1S/C11H12ClFN2/c1-2-3-4-11(15-14)9-6-5-8(12)7-10(9)13/h1,5-7,11,15H,3-4,14H2. The van der Waals surface area contributed by atoms with Crippen molar-refractivity contribution in [3.8, 4) is 12.3 Å². The van der Waals surface area contributed by atoms with Crippen LogP contribution in [0.25, 0.3) is 0 Å². The van der Waals surface area contributed by atoms with Gasteiger partial charge in [-0.1, -0.05) is 17.7 Å². The highest BCUT2D eigenvalue weighted by atomic mass is 35.5. The first kappa shape index (κ1) is 12.0. The van der Waals surface area contributed by atoms with Crippen LogP contribution in [0.3, 0.4) is 0 Å². The van der Waals surface area contributed by atoms with E-state index in [1.807, 2.05) is 0 Å². The quantitative estimate of drug-likeness (QED) is 0.470. The van der Waals surface area contributed by atoms with Gasteiger partial charge in [-0.3, -0.25) is 11.3 Å². The Labute approximate surface area is 93.6 Å². The van der Waals surface area contributed by atoms with E-state index in [2.05, 4.69) is 11.3 Å². The summed E-state index contributed by atoms with van der Waals surface area (Å²) in [7, 11) is 0. The van der Waals surface area contributed by atoms with E-state index < -0.39 is 0 Å². The van der Waals surface area contributed by atoms with Gasteiger partial charge in [-0.05, 0) is 18.6 Å².